The van der Waals surface area contributed by atoms with Gasteiger partial charge in [0.2, 0.25) is 11.8 Å². The van der Waals surface area contributed by atoms with Crippen LogP contribution in [0.2, 0.25) is 0 Å². The van der Waals surface area contributed by atoms with E-state index in [1.807, 2.05) is 54.6 Å². The smallest absolute Gasteiger partial charge is 0.240 e. The average molecular weight is 310 g/mol. The van der Waals surface area contributed by atoms with Crippen LogP contribution in [0.5, 0.6) is 0 Å². The fraction of sp³-hybridized carbons (Fsp3) is 0.263. The Balaban J connectivity index is 1.96. The highest BCUT2D eigenvalue weighted by Gasteiger charge is 2.18. The van der Waals surface area contributed by atoms with Gasteiger partial charge >= 0.3 is 0 Å². The molecule has 4 heteroatoms. The van der Waals surface area contributed by atoms with E-state index in [1.165, 1.54) is 5.56 Å². The summed E-state index contributed by atoms with van der Waals surface area (Å²) in [7, 11) is 0. The number of nitrogens with one attached hydrogen (secondary N) is 1. The maximum Gasteiger partial charge on any atom is 0.240 e. The summed E-state index contributed by atoms with van der Waals surface area (Å²) in [5.41, 5.74) is 8.52. The molecule has 2 rings (SSSR count). The van der Waals surface area contributed by atoms with Gasteiger partial charge in [0.25, 0.3) is 0 Å². The minimum Gasteiger partial charge on any atom is -0.368 e. The van der Waals surface area contributed by atoms with Crippen LogP contribution in [0.3, 0.4) is 0 Å². The summed E-state index contributed by atoms with van der Waals surface area (Å²) in [5, 5.41) is 2.73. The number of amides is 2. The molecule has 3 N–H and O–H groups in total. The van der Waals surface area contributed by atoms with E-state index in [2.05, 4.69) is 12.2 Å². The van der Waals surface area contributed by atoms with Crippen LogP contribution < -0.4 is 11.1 Å². The average Bonchev–Trinajstić information content (AvgIpc) is 2.56. The number of hydrogen-bond acceptors (Lipinski definition) is 2. The lowest BCUT2D eigenvalue weighted by Gasteiger charge is -2.15. The molecule has 0 aromatic heterocycles. The summed E-state index contributed by atoms with van der Waals surface area (Å²) < 4.78 is 0. The van der Waals surface area contributed by atoms with Gasteiger partial charge in [0.15, 0.2) is 0 Å². The van der Waals surface area contributed by atoms with E-state index in [0.29, 0.717) is 6.42 Å². The Labute approximate surface area is 136 Å². The maximum absolute atomic E-state index is 12.2. The van der Waals surface area contributed by atoms with Crippen molar-refractivity contribution >= 4 is 11.8 Å². The van der Waals surface area contributed by atoms with Crippen LogP contribution in [-0.2, 0) is 28.9 Å². The molecule has 4 nitrogen and oxygen atoms in total. The van der Waals surface area contributed by atoms with Gasteiger partial charge in [-0.3, -0.25) is 9.59 Å². The predicted octanol–water partition coefficient (Wildman–Crippen LogP) is 2.00. The number of rotatable bonds is 7. The molecule has 0 saturated carbocycles. The molecule has 0 fully saturated rings. The molecular weight excluding hydrogens is 288 g/mol. The molecule has 1 atom stereocenters. The molecule has 0 aliphatic carbocycles. The second-order valence-corrected chi connectivity index (χ2v) is 5.56. The molecule has 0 aliphatic heterocycles. The van der Waals surface area contributed by atoms with Crippen molar-refractivity contribution in [1.29, 1.82) is 0 Å². The van der Waals surface area contributed by atoms with Gasteiger partial charge in [0.05, 0.1) is 6.42 Å². The summed E-state index contributed by atoms with van der Waals surface area (Å²) in [6, 6.07) is 16.7. The Morgan fingerprint density at radius 1 is 0.957 bits per heavy atom. The number of nitrogens with two attached hydrogens (primary N) is 1. The minimum absolute atomic E-state index is 0.200. The number of primary amides is 1. The lowest BCUT2D eigenvalue weighted by Crippen LogP contribution is -2.46. The lowest BCUT2D eigenvalue weighted by atomic mass is 10.0. The van der Waals surface area contributed by atoms with E-state index in [9.17, 15) is 9.59 Å². The van der Waals surface area contributed by atoms with Crippen LogP contribution in [0.15, 0.2) is 54.6 Å². The predicted molar refractivity (Wildman–Crippen MR) is 90.8 cm³/mol. The van der Waals surface area contributed by atoms with Crippen molar-refractivity contribution in [3.05, 3.63) is 71.3 Å². The fourth-order valence-corrected chi connectivity index (χ4v) is 2.40. The molecule has 0 aliphatic rings. The highest BCUT2D eigenvalue weighted by atomic mass is 16.2. The lowest BCUT2D eigenvalue weighted by molar-refractivity contribution is -0.127. The highest BCUT2D eigenvalue weighted by molar-refractivity contribution is 5.87. The van der Waals surface area contributed by atoms with Crippen molar-refractivity contribution in [2.45, 2.75) is 32.2 Å². The van der Waals surface area contributed by atoms with Gasteiger partial charge in [-0.05, 0) is 23.1 Å². The molecule has 0 radical (unpaired) electrons. The van der Waals surface area contributed by atoms with Gasteiger partial charge < -0.3 is 11.1 Å². The van der Waals surface area contributed by atoms with Gasteiger partial charge in [-0.25, -0.2) is 0 Å². The molecular formula is C19H22N2O2. The van der Waals surface area contributed by atoms with Gasteiger partial charge in [-0.2, -0.15) is 0 Å². The fourth-order valence-electron chi connectivity index (χ4n) is 2.40. The first-order chi connectivity index (χ1) is 11.1. The molecule has 0 bridgehead atoms. The van der Waals surface area contributed by atoms with E-state index < -0.39 is 11.9 Å². The van der Waals surface area contributed by atoms with Gasteiger partial charge in [-0.1, -0.05) is 61.5 Å². The zero-order chi connectivity index (χ0) is 16.7. The Morgan fingerprint density at radius 3 is 2.13 bits per heavy atom. The SMILES string of the molecule is CCc1ccc(CC(=O)NC(Cc2ccccc2)C(N)=O)cc1. The molecule has 0 heterocycles. The number of aryl methyl sites for hydroxylation is 1. The molecule has 2 amide bonds. The van der Waals surface area contributed by atoms with Crippen molar-refractivity contribution in [1.82, 2.24) is 5.32 Å². The first-order valence-electron chi connectivity index (χ1n) is 7.79. The van der Waals surface area contributed by atoms with Crippen molar-refractivity contribution < 1.29 is 9.59 Å². The van der Waals surface area contributed by atoms with Crippen LogP contribution >= 0.6 is 0 Å². The first kappa shape index (κ1) is 16.7. The van der Waals surface area contributed by atoms with Gasteiger partial charge in [0.1, 0.15) is 6.04 Å². The third kappa shape index (κ3) is 5.25. The minimum atomic E-state index is -0.695. The van der Waals surface area contributed by atoms with Crippen LogP contribution in [0.4, 0.5) is 0 Å². The van der Waals surface area contributed by atoms with Crippen LogP contribution in [0.25, 0.3) is 0 Å². The van der Waals surface area contributed by atoms with Crippen LogP contribution in [0.1, 0.15) is 23.6 Å². The first-order valence-corrected chi connectivity index (χ1v) is 7.79. The monoisotopic (exact) mass is 310 g/mol. The van der Waals surface area contributed by atoms with Crippen molar-refractivity contribution in [2.75, 3.05) is 0 Å². The Morgan fingerprint density at radius 2 is 1.57 bits per heavy atom. The second kappa shape index (κ2) is 8.13. The van der Waals surface area contributed by atoms with E-state index in [0.717, 1.165) is 17.5 Å². The largest absolute Gasteiger partial charge is 0.368 e. The third-order valence-electron chi connectivity index (χ3n) is 3.76. The van der Waals surface area contributed by atoms with Crippen molar-refractivity contribution in [3.8, 4) is 0 Å². The second-order valence-electron chi connectivity index (χ2n) is 5.56. The van der Waals surface area contributed by atoms with Crippen molar-refractivity contribution in [2.24, 2.45) is 5.73 Å². The zero-order valence-electron chi connectivity index (χ0n) is 13.3. The van der Waals surface area contributed by atoms with Crippen LogP contribution in [0, 0.1) is 0 Å². The number of benzene rings is 2. The summed E-state index contributed by atoms with van der Waals surface area (Å²) in [6.07, 6.45) is 1.60. The highest BCUT2D eigenvalue weighted by Crippen LogP contribution is 2.07. The van der Waals surface area contributed by atoms with Crippen molar-refractivity contribution in [3.63, 3.8) is 0 Å². The Hall–Kier alpha value is -2.62. The van der Waals surface area contributed by atoms with E-state index >= 15 is 0 Å². The standard InChI is InChI=1S/C19H22N2O2/c1-2-14-8-10-16(11-9-14)13-18(22)21-17(19(20)23)12-15-6-4-3-5-7-15/h3-11,17H,2,12-13H2,1H3,(H2,20,23)(H,21,22). The van der Waals surface area contributed by atoms with E-state index in [1.54, 1.807) is 0 Å². The molecule has 0 saturated heterocycles. The van der Waals surface area contributed by atoms with Gasteiger partial charge in [-0.15, -0.1) is 0 Å². The normalized spacial score (nSPS) is 11.7. The Kier molecular flexibility index (Phi) is 5.92. The quantitative estimate of drug-likeness (QED) is 0.821. The number of carbonyl (C=O) groups is 2. The Bertz CT molecular complexity index is 651. The summed E-state index contributed by atoms with van der Waals surface area (Å²) in [4.78, 5) is 23.7. The summed E-state index contributed by atoms with van der Waals surface area (Å²) >= 11 is 0. The van der Waals surface area contributed by atoms with E-state index in [4.69, 9.17) is 5.73 Å². The van der Waals surface area contributed by atoms with Crippen LogP contribution in [-0.4, -0.2) is 17.9 Å². The number of carbonyl (C=O) groups excluding carboxylic acids is 2. The summed E-state index contributed by atoms with van der Waals surface area (Å²) in [6.45, 7) is 2.09. The van der Waals surface area contributed by atoms with Gasteiger partial charge in [0, 0.05) is 6.42 Å². The number of hydrogen-bond donors (Lipinski definition) is 2. The summed E-state index contributed by atoms with van der Waals surface area (Å²) in [5.74, 6) is -0.725. The maximum atomic E-state index is 12.2. The third-order valence-corrected chi connectivity index (χ3v) is 3.76. The molecule has 23 heavy (non-hydrogen) atoms. The zero-order valence-corrected chi connectivity index (χ0v) is 13.3. The molecule has 1 unspecified atom stereocenters. The molecule has 2 aromatic rings. The topological polar surface area (TPSA) is 72.2 Å². The molecule has 120 valence electrons. The molecule has 0 spiro atoms. The van der Waals surface area contributed by atoms with E-state index in [-0.39, 0.29) is 12.3 Å². The molecule has 2 aromatic carbocycles.